The maximum absolute atomic E-state index is 10.4. The minimum Gasteiger partial charge on any atom is -0.493 e. The number of nitriles is 1. The van der Waals surface area contributed by atoms with Crippen molar-refractivity contribution in [3.8, 4) is 29.3 Å². The van der Waals surface area contributed by atoms with Crippen LogP contribution in [0.15, 0.2) is 49.1 Å². The summed E-state index contributed by atoms with van der Waals surface area (Å²) in [6.45, 7) is 1.84. The van der Waals surface area contributed by atoms with Crippen molar-refractivity contribution in [3.63, 3.8) is 0 Å². The van der Waals surface area contributed by atoms with Gasteiger partial charge in [-0.3, -0.25) is 4.98 Å². The van der Waals surface area contributed by atoms with Crippen molar-refractivity contribution in [2.24, 2.45) is 7.05 Å². The van der Waals surface area contributed by atoms with Gasteiger partial charge < -0.3 is 14.4 Å². The van der Waals surface area contributed by atoms with Gasteiger partial charge in [-0.1, -0.05) is 12.1 Å². The summed E-state index contributed by atoms with van der Waals surface area (Å²) >= 11 is 0. The van der Waals surface area contributed by atoms with Crippen LogP contribution in [0.2, 0.25) is 0 Å². The predicted octanol–water partition coefficient (Wildman–Crippen LogP) is 3.14. The number of hydrogen-bond acceptors (Lipinski definition) is 7. The van der Waals surface area contributed by atoms with E-state index in [0.29, 0.717) is 27.9 Å². The summed E-state index contributed by atoms with van der Waals surface area (Å²) in [6.07, 6.45) is 4.69. The normalized spacial score (nSPS) is 11.9. The van der Waals surface area contributed by atoms with Gasteiger partial charge >= 0.3 is 6.01 Å². The first-order valence-corrected chi connectivity index (χ1v) is 8.56. The molecular formula is C20H16N6O2. The van der Waals surface area contributed by atoms with Gasteiger partial charge in [-0.25, -0.2) is 4.98 Å². The first-order valence-electron chi connectivity index (χ1n) is 8.56. The standard InChI is InChI=1S/C20H16N6O2/c1-12(14-5-3-13(9-21)4-6-14)28-20-24-17-15(19(27)25-20)7-8-22-18(17)16-10-26(2)11-23-16/h3-8,10-12H,1-2H3,(H,24,25,27). The second-order valence-corrected chi connectivity index (χ2v) is 6.30. The summed E-state index contributed by atoms with van der Waals surface area (Å²) in [7, 11) is 1.86. The fourth-order valence-corrected chi connectivity index (χ4v) is 2.85. The van der Waals surface area contributed by atoms with Gasteiger partial charge in [0.1, 0.15) is 23.0 Å². The molecule has 0 saturated heterocycles. The molecule has 3 aromatic heterocycles. The third-order valence-corrected chi connectivity index (χ3v) is 4.31. The topological polar surface area (TPSA) is 110 Å². The molecule has 0 saturated carbocycles. The van der Waals surface area contributed by atoms with Crippen molar-refractivity contribution in [1.29, 1.82) is 5.26 Å². The maximum Gasteiger partial charge on any atom is 0.320 e. The SMILES string of the molecule is CC(Oc1nc(O)c2ccnc(-c3cn(C)cn3)c2n1)c1ccc(C#N)cc1. The Morgan fingerprint density at radius 3 is 2.61 bits per heavy atom. The van der Waals surface area contributed by atoms with Crippen LogP contribution in [0, 0.1) is 11.3 Å². The van der Waals surface area contributed by atoms with Gasteiger partial charge in [0.15, 0.2) is 0 Å². The van der Waals surface area contributed by atoms with Crippen molar-refractivity contribution in [2.45, 2.75) is 13.0 Å². The van der Waals surface area contributed by atoms with Crippen LogP contribution in [0.1, 0.15) is 24.2 Å². The third kappa shape index (κ3) is 3.21. The summed E-state index contributed by atoms with van der Waals surface area (Å²) in [6, 6.07) is 10.8. The fourth-order valence-electron chi connectivity index (χ4n) is 2.85. The fraction of sp³-hybridized carbons (Fsp3) is 0.150. The van der Waals surface area contributed by atoms with Crippen LogP contribution >= 0.6 is 0 Å². The van der Waals surface area contributed by atoms with Gasteiger partial charge in [-0.15, -0.1) is 0 Å². The second kappa shape index (κ2) is 6.96. The number of imidazole rings is 1. The Hall–Kier alpha value is -3.99. The molecule has 1 atom stereocenters. The molecule has 0 fully saturated rings. The average molecular weight is 372 g/mol. The van der Waals surface area contributed by atoms with Gasteiger partial charge in [-0.2, -0.15) is 15.2 Å². The average Bonchev–Trinajstić information content (AvgIpc) is 3.14. The highest BCUT2D eigenvalue weighted by Crippen LogP contribution is 2.31. The molecule has 1 unspecified atom stereocenters. The Balaban J connectivity index is 1.72. The van der Waals surface area contributed by atoms with Gasteiger partial charge in [-0.05, 0) is 30.7 Å². The van der Waals surface area contributed by atoms with Crippen LogP contribution in [0.25, 0.3) is 22.3 Å². The highest BCUT2D eigenvalue weighted by molar-refractivity contribution is 5.93. The summed E-state index contributed by atoms with van der Waals surface area (Å²) in [5, 5.41) is 19.7. The largest absolute Gasteiger partial charge is 0.493 e. The van der Waals surface area contributed by atoms with E-state index in [-0.39, 0.29) is 18.0 Å². The second-order valence-electron chi connectivity index (χ2n) is 6.30. The monoisotopic (exact) mass is 372 g/mol. The van der Waals surface area contributed by atoms with E-state index in [2.05, 4.69) is 26.0 Å². The number of ether oxygens (including phenoxy) is 1. The van der Waals surface area contributed by atoms with Crippen molar-refractivity contribution in [1.82, 2.24) is 24.5 Å². The number of rotatable bonds is 4. The minimum absolute atomic E-state index is 0.0343. The Labute approximate surface area is 160 Å². The Kier molecular flexibility index (Phi) is 4.33. The number of fused-ring (bicyclic) bond motifs is 1. The summed E-state index contributed by atoms with van der Waals surface area (Å²) < 4.78 is 7.65. The molecule has 0 aliphatic carbocycles. The third-order valence-electron chi connectivity index (χ3n) is 4.31. The highest BCUT2D eigenvalue weighted by Gasteiger charge is 2.17. The van der Waals surface area contributed by atoms with Crippen molar-refractivity contribution in [3.05, 3.63) is 60.2 Å². The zero-order valence-corrected chi connectivity index (χ0v) is 15.2. The molecule has 8 heteroatoms. The quantitative estimate of drug-likeness (QED) is 0.586. The van der Waals surface area contributed by atoms with Crippen LogP contribution in [-0.2, 0) is 7.05 Å². The molecule has 28 heavy (non-hydrogen) atoms. The highest BCUT2D eigenvalue weighted by atomic mass is 16.5. The van der Waals surface area contributed by atoms with Gasteiger partial charge in [0.2, 0.25) is 5.88 Å². The van der Waals surface area contributed by atoms with Crippen molar-refractivity contribution < 1.29 is 9.84 Å². The number of pyridine rings is 1. The maximum atomic E-state index is 10.4. The van der Waals surface area contributed by atoms with Crippen LogP contribution < -0.4 is 4.74 Å². The lowest BCUT2D eigenvalue weighted by Gasteiger charge is -2.14. The van der Waals surface area contributed by atoms with Gasteiger partial charge in [0, 0.05) is 19.4 Å². The summed E-state index contributed by atoms with van der Waals surface area (Å²) in [4.78, 5) is 17.2. The lowest BCUT2D eigenvalue weighted by Crippen LogP contribution is -2.06. The van der Waals surface area contributed by atoms with Crippen LogP contribution in [-0.4, -0.2) is 29.6 Å². The van der Waals surface area contributed by atoms with E-state index in [4.69, 9.17) is 10.00 Å². The molecule has 4 aromatic rings. The first-order chi connectivity index (χ1) is 13.5. The number of hydrogen-bond donors (Lipinski definition) is 1. The molecule has 3 heterocycles. The van der Waals surface area contributed by atoms with E-state index >= 15 is 0 Å². The van der Waals surface area contributed by atoms with E-state index in [1.54, 1.807) is 35.3 Å². The molecule has 138 valence electrons. The lowest BCUT2D eigenvalue weighted by atomic mass is 10.1. The van der Waals surface area contributed by atoms with E-state index in [9.17, 15) is 5.11 Å². The molecule has 0 aliphatic rings. The lowest BCUT2D eigenvalue weighted by molar-refractivity contribution is 0.206. The molecule has 0 radical (unpaired) electrons. The Morgan fingerprint density at radius 1 is 1.14 bits per heavy atom. The molecular weight excluding hydrogens is 356 g/mol. The van der Waals surface area contributed by atoms with Crippen molar-refractivity contribution >= 4 is 10.9 Å². The summed E-state index contributed by atoms with van der Waals surface area (Å²) in [5.41, 5.74) is 3.06. The van der Waals surface area contributed by atoms with Gasteiger partial charge in [0.05, 0.1) is 23.3 Å². The smallest absolute Gasteiger partial charge is 0.320 e. The zero-order valence-electron chi connectivity index (χ0n) is 15.2. The molecule has 1 aromatic carbocycles. The molecule has 1 N–H and O–H groups in total. The number of aryl methyl sites for hydroxylation is 1. The van der Waals surface area contributed by atoms with E-state index in [1.165, 1.54) is 0 Å². The molecule has 0 amide bonds. The minimum atomic E-state index is -0.375. The van der Waals surface area contributed by atoms with Crippen LogP contribution in [0.5, 0.6) is 11.9 Å². The van der Waals surface area contributed by atoms with E-state index in [0.717, 1.165) is 5.56 Å². The Morgan fingerprint density at radius 2 is 1.93 bits per heavy atom. The van der Waals surface area contributed by atoms with Gasteiger partial charge in [0.25, 0.3) is 0 Å². The molecule has 0 bridgehead atoms. The van der Waals surface area contributed by atoms with Crippen molar-refractivity contribution in [2.75, 3.05) is 0 Å². The zero-order chi connectivity index (χ0) is 19.7. The number of benzene rings is 1. The van der Waals surface area contributed by atoms with Crippen LogP contribution in [0.3, 0.4) is 0 Å². The summed E-state index contributed by atoms with van der Waals surface area (Å²) in [5.74, 6) is -0.188. The number of aromatic nitrogens is 5. The molecule has 4 rings (SSSR count). The number of aromatic hydroxyl groups is 1. The first kappa shape index (κ1) is 17.4. The van der Waals surface area contributed by atoms with Crippen LogP contribution in [0.4, 0.5) is 0 Å². The molecule has 8 nitrogen and oxygen atoms in total. The number of nitrogens with zero attached hydrogens (tertiary/aromatic N) is 6. The van der Waals surface area contributed by atoms with E-state index < -0.39 is 0 Å². The predicted molar refractivity (Wildman–Crippen MR) is 101 cm³/mol. The molecule has 0 aliphatic heterocycles. The molecule has 0 spiro atoms. The van der Waals surface area contributed by atoms with E-state index in [1.807, 2.05) is 32.3 Å². The Bertz CT molecular complexity index is 1190.